The number of nitrogens with zero attached hydrogens (tertiary/aromatic N) is 3. The summed E-state index contributed by atoms with van der Waals surface area (Å²) in [5, 5.41) is 0.383. The van der Waals surface area contributed by atoms with E-state index in [0.717, 1.165) is 19.4 Å². The van der Waals surface area contributed by atoms with Crippen molar-refractivity contribution in [3.8, 4) is 0 Å². The monoisotopic (exact) mass is 338 g/mol. The number of nitrogens with two attached hydrogens (primary N) is 1. The Kier molecular flexibility index (Phi) is 6.20. The van der Waals surface area contributed by atoms with Crippen LogP contribution in [0.4, 0.5) is 5.82 Å². The number of piperidine rings is 1. The van der Waals surface area contributed by atoms with Gasteiger partial charge in [0.15, 0.2) is 5.16 Å². The van der Waals surface area contributed by atoms with Gasteiger partial charge in [-0.25, -0.2) is 14.8 Å². The molecule has 0 bridgehead atoms. The van der Waals surface area contributed by atoms with E-state index >= 15 is 0 Å². The summed E-state index contributed by atoms with van der Waals surface area (Å²) in [6.07, 6.45) is 4.62. The third kappa shape index (κ3) is 4.57. The Hall–Kier alpha value is -1.83. The maximum Gasteiger partial charge on any atom is 0.343 e. The predicted molar refractivity (Wildman–Crippen MR) is 88.2 cm³/mol. The van der Waals surface area contributed by atoms with Gasteiger partial charge in [-0.15, -0.1) is 0 Å². The minimum absolute atomic E-state index is 0.0692. The van der Waals surface area contributed by atoms with Crippen LogP contribution in [0, 0.1) is 0 Å². The molecular weight excluding hydrogens is 316 g/mol. The largest absolute Gasteiger partial charge is 0.462 e. The standard InChI is InChI=1S/C15H22N4O3S/c1-3-22-14(21)11-8-17-15(18-13(11)16)23-9-12(20)19-7-5-4-6-10(19)2/h8,10H,3-7,9H2,1-2H3,(H2,16,17,18)/t10-/m0/s1. The van der Waals surface area contributed by atoms with Gasteiger partial charge in [0.25, 0.3) is 0 Å². The highest BCUT2D eigenvalue weighted by Gasteiger charge is 2.23. The predicted octanol–water partition coefficient (Wildman–Crippen LogP) is 1.73. The fourth-order valence-corrected chi connectivity index (χ4v) is 3.20. The van der Waals surface area contributed by atoms with E-state index in [4.69, 9.17) is 10.5 Å². The van der Waals surface area contributed by atoms with Gasteiger partial charge >= 0.3 is 5.97 Å². The Morgan fingerprint density at radius 2 is 2.26 bits per heavy atom. The summed E-state index contributed by atoms with van der Waals surface area (Å²) in [6, 6.07) is 0.286. The maximum atomic E-state index is 12.3. The highest BCUT2D eigenvalue weighted by atomic mass is 32.2. The molecule has 0 aromatic carbocycles. The van der Waals surface area contributed by atoms with Crippen molar-refractivity contribution in [1.82, 2.24) is 14.9 Å². The molecule has 1 atom stereocenters. The van der Waals surface area contributed by atoms with E-state index in [9.17, 15) is 9.59 Å². The van der Waals surface area contributed by atoms with Crippen molar-refractivity contribution >= 4 is 29.5 Å². The van der Waals surface area contributed by atoms with Gasteiger partial charge in [-0.05, 0) is 33.1 Å². The molecule has 0 spiro atoms. The van der Waals surface area contributed by atoms with Crippen LogP contribution in [0.25, 0.3) is 0 Å². The van der Waals surface area contributed by atoms with Gasteiger partial charge < -0.3 is 15.4 Å². The molecule has 0 aliphatic carbocycles. The zero-order valence-corrected chi connectivity index (χ0v) is 14.3. The number of amides is 1. The van der Waals surface area contributed by atoms with Crippen molar-refractivity contribution < 1.29 is 14.3 Å². The number of carbonyl (C=O) groups is 2. The molecule has 2 rings (SSSR count). The fraction of sp³-hybridized carbons (Fsp3) is 0.600. The molecular formula is C15H22N4O3S. The zero-order chi connectivity index (χ0) is 16.8. The first kappa shape index (κ1) is 17.5. The highest BCUT2D eigenvalue weighted by Crippen LogP contribution is 2.21. The third-order valence-corrected chi connectivity index (χ3v) is 4.59. The molecule has 2 heterocycles. The van der Waals surface area contributed by atoms with Crippen molar-refractivity contribution in [2.45, 2.75) is 44.3 Å². The molecule has 1 aliphatic heterocycles. The summed E-state index contributed by atoms with van der Waals surface area (Å²) in [5.74, 6) is -0.124. The smallest absolute Gasteiger partial charge is 0.343 e. The Labute approximate surface area is 140 Å². The van der Waals surface area contributed by atoms with Crippen molar-refractivity contribution in [3.63, 3.8) is 0 Å². The molecule has 0 radical (unpaired) electrons. The summed E-state index contributed by atoms with van der Waals surface area (Å²) in [4.78, 5) is 34.0. The number of anilines is 1. The number of hydrogen-bond acceptors (Lipinski definition) is 7. The van der Waals surface area contributed by atoms with Crippen LogP contribution in [0.2, 0.25) is 0 Å². The first-order chi connectivity index (χ1) is 11.0. The summed E-state index contributed by atoms with van der Waals surface area (Å²) >= 11 is 1.23. The van der Waals surface area contributed by atoms with E-state index in [1.165, 1.54) is 24.4 Å². The number of hydrogen-bond donors (Lipinski definition) is 1. The Morgan fingerprint density at radius 3 is 2.91 bits per heavy atom. The lowest BCUT2D eigenvalue weighted by molar-refractivity contribution is -0.131. The molecule has 2 N–H and O–H groups in total. The van der Waals surface area contributed by atoms with Crippen LogP contribution in [0.15, 0.2) is 11.4 Å². The van der Waals surface area contributed by atoms with Crippen molar-refractivity contribution in [3.05, 3.63) is 11.8 Å². The lowest BCUT2D eigenvalue weighted by Crippen LogP contribution is -2.42. The van der Waals surface area contributed by atoms with Crippen molar-refractivity contribution in [1.29, 1.82) is 0 Å². The Bertz CT molecular complexity index is 582. The van der Waals surface area contributed by atoms with E-state index in [1.54, 1.807) is 6.92 Å². The maximum absolute atomic E-state index is 12.3. The van der Waals surface area contributed by atoms with Gasteiger partial charge in [-0.3, -0.25) is 4.79 Å². The Balaban J connectivity index is 1.94. The van der Waals surface area contributed by atoms with E-state index in [0.29, 0.717) is 5.16 Å². The van der Waals surface area contributed by atoms with Crippen molar-refractivity contribution in [2.24, 2.45) is 0 Å². The van der Waals surface area contributed by atoms with Crippen molar-refractivity contribution in [2.75, 3.05) is 24.6 Å². The summed E-state index contributed by atoms with van der Waals surface area (Å²) in [6.45, 7) is 4.86. The van der Waals surface area contributed by atoms with Crippen LogP contribution in [0.1, 0.15) is 43.5 Å². The molecule has 1 aliphatic rings. The second-order valence-electron chi connectivity index (χ2n) is 5.39. The number of thioether (sulfide) groups is 1. The van der Waals surface area contributed by atoms with Gasteiger partial charge in [0.1, 0.15) is 11.4 Å². The topological polar surface area (TPSA) is 98.4 Å². The van der Waals surface area contributed by atoms with Gasteiger partial charge in [-0.1, -0.05) is 11.8 Å². The van der Waals surface area contributed by atoms with Crippen LogP contribution < -0.4 is 5.73 Å². The number of ether oxygens (including phenoxy) is 1. The summed E-state index contributed by atoms with van der Waals surface area (Å²) in [5.41, 5.74) is 5.91. The van der Waals surface area contributed by atoms with Crippen LogP contribution in [-0.2, 0) is 9.53 Å². The van der Waals surface area contributed by atoms with Crippen LogP contribution in [-0.4, -0.2) is 51.7 Å². The minimum Gasteiger partial charge on any atom is -0.462 e. The first-order valence-corrected chi connectivity index (χ1v) is 8.73. The number of esters is 1. The Morgan fingerprint density at radius 1 is 1.48 bits per heavy atom. The highest BCUT2D eigenvalue weighted by molar-refractivity contribution is 7.99. The molecule has 126 valence electrons. The quantitative estimate of drug-likeness (QED) is 0.496. The molecule has 23 heavy (non-hydrogen) atoms. The number of rotatable bonds is 5. The van der Waals surface area contributed by atoms with E-state index in [-0.39, 0.29) is 35.7 Å². The van der Waals surface area contributed by atoms with Gasteiger partial charge in [-0.2, -0.15) is 0 Å². The lowest BCUT2D eigenvalue weighted by atomic mass is 10.0. The number of aromatic nitrogens is 2. The third-order valence-electron chi connectivity index (χ3n) is 3.74. The average molecular weight is 338 g/mol. The average Bonchev–Trinajstić information content (AvgIpc) is 2.53. The lowest BCUT2D eigenvalue weighted by Gasteiger charge is -2.33. The van der Waals surface area contributed by atoms with Gasteiger partial charge in [0.2, 0.25) is 5.91 Å². The van der Waals surface area contributed by atoms with Crippen LogP contribution in [0.5, 0.6) is 0 Å². The molecule has 8 heteroatoms. The minimum atomic E-state index is -0.542. The SMILES string of the molecule is CCOC(=O)c1cnc(SCC(=O)N2CCCC[C@@H]2C)nc1N. The summed E-state index contributed by atoms with van der Waals surface area (Å²) in [7, 11) is 0. The first-order valence-electron chi connectivity index (χ1n) is 7.74. The van der Waals surface area contributed by atoms with Crippen LogP contribution >= 0.6 is 11.8 Å². The summed E-state index contributed by atoms with van der Waals surface area (Å²) < 4.78 is 4.87. The molecule has 1 amide bonds. The molecule has 1 aromatic heterocycles. The number of likely N-dealkylation sites (tertiary alicyclic amines) is 1. The van der Waals surface area contributed by atoms with E-state index in [2.05, 4.69) is 16.9 Å². The van der Waals surface area contributed by atoms with Crippen LogP contribution in [0.3, 0.4) is 0 Å². The van der Waals surface area contributed by atoms with Gasteiger partial charge in [0.05, 0.1) is 12.4 Å². The second kappa shape index (κ2) is 8.14. The van der Waals surface area contributed by atoms with E-state index < -0.39 is 5.97 Å². The molecule has 1 fully saturated rings. The molecule has 0 saturated carbocycles. The van der Waals surface area contributed by atoms with E-state index in [1.807, 2.05) is 4.90 Å². The number of carbonyl (C=O) groups excluding carboxylic acids is 2. The number of nitrogen functional groups attached to an aromatic ring is 1. The van der Waals surface area contributed by atoms with Gasteiger partial charge in [0, 0.05) is 18.8 Å². The molecule has 0 unspecified atom stereocenters. The second-order valence-corrected chi connectivity index (χ2v) is 6.34. The molecule has 7 nitrogen and oxygen atoms in total. The fourth-order valence-electron chi connectivity index (χ4n) is 2.49. The normalized spacial score (nSPS) is 17.8. The molecule has 1 aromatic rings. The molecule has 1 saturated heterocycles. The zero-order valence-electron chi connectivity index (χ0n) is 13.4.